The van der Waals surface area contributed by atoms with Crippen LogP contribution in [0.5, 0.6) is 0 Å². The first-order valence-electron chi connectivity index (χ1n) is 8.80. The third-order valence-electron chi connectivity index (χ3n) is 5.12. The number of hydrogen-bond donors (Lipinski definition) is 1. The second kappa shape index (κ2) is 9.44. The van der Waals surface area contributed by atoms with Gasteiger partial charge in [0, 0.05) is 38.1 Å². The molecule has 6 nitrogen and oxygen atoms in total. The first kappa shape index (κ1) is 23.6. The van der Waals surface area contributed by atoms with E-state index in [1.807, 2.05) is 0 Å². The zero-order valence-corrected chi connectivity index (χ0v) is 18.7. The molecule has 0 spiro atoms. The first-order chi connectivity index (χ1) is 12.7. The summed E-state index contributed by atoms with van der Waals surface area (Å²) in [5.41, 5.74) is -0.464. The van der Waals surface area contributed by atoms with Gasteiger partial charge in [-0.05, 0) is 37.5 Å². The Hall–Kier alpha value is -0.654. The van der Waals surface area contributed by atoms with Crippen molar-refractivity contribution in [2.45, 2.75) is 31.5 Å². The van der Waals surface area contributed by atoms with Crippen molar-refractivity contribution >= 4 is 17.6 Å². The molecule has 2 aliphatic rings. The van der Waals surface area contributed by atoms with Gasteiger partial charge in [-0.15, -0.1) is 0 Å². The third-order valence-corrected chi connectivity index (χ3v) is 5.12. The van der Waals surface area contributed by atoms with Crippen molar-refractivity contribution in [2.24, 2.45) is 5.92 Å². The van der Waals surface area contributed by atoms with E-state index in [4.69, 9.17) is 0 Å². The van der Waals surface area contributed by atoms with Gasteiger partial charge in [-0.1, -0.05) is 0 Å². The summed E-state index contributed by atoms with van der Waals surface area (Å²) < 4.78 is 39.3. The second-order valence-corrected chi connectivity index (χ2v) is 7.04. The van der Waals surface area contributed by atoms with E-state index in [1.54, 1.807) is 4.90 Å². The Balaban J connectivity index is 0.00000280. The molecule has 0 unspecified atom stereocenters. The zero-order valence-electron chi connectivity index (χ0n) is 15.5. The minimum atomic E-state index is -4.51. The van der Waals surface area contributed by atoms with Gasteiger partial charge in [-0.2, -0.15) is 13.2 Å². The number of β-amino-alcohol motifs (C(OH)–C–C–N with tert-alkyl or cyclic N) is 1. The summed E-state index contributed by atoms with van der Waals surface area (Å²) in [6, 6.07) is 3.03. The number of aliphatic hydroxyl groups is 1. The monoisotopic (exact) mass is 424 g/mol. The molecule has 1 amide bonds. The van der Waals surface area contributed by atoms with Crippen LogP contribution < -0.4 is 61.4 Å². The molecule has 0 aromatic heterocycles. The second-order valence-electron chi connectivity index (χ2n) is 7.04. The Morgan fingerprint density at radius 2 is 1.82 bits per heavy atom. The van der Waals surface area contributed by atoms with Gasteiger partial charge in [0.25, 0.3) is 5.91 Å². The minimum absolute atomic E-state index is 0. The number of carbonyl (C=O) groups is 2. The van der Waals surface area contributed by atoms with Crippen LogP contribution in [0.2, 0.25) is 0 Å². The Kier molecular flexibility index (Phi) is 7.96. The van der Waals surface area contributed by atoms with Crippen LogP contribution in [0, 0.1) is 5.92 Å². The van der Waals surface area contributed by atoms with Crippen molar-refractivity contribution in [2.75, 3.05) is 31.1 Å². The van der Waals surface area contributed by atoms with Gasteiger partial charge in [0.2, 0.25) is 0 Å². The Morgan fingerprint density at radius 1 is 1.18 bits per heavy atom. The molecule has 148 valence electrons. The molecule has 28 heavy (non-hydrogen) atoms. The Labute approximate surface area is 203 Å². The van der Waals surface area contributed by atoms with E-state index in [-0.39, 0.29) is 82.1 Å². The summed E-state index contributed by atoms with van der Waals surface area (Å²) >= 11 is 0. The molecule has 0 aliphatic carbocycles. The van der Waals surface area contributed by atoms with E-state index < -0.39 is 35.6 Å². The Bertz CT molecular complexity index is 738. The molecule has 1 N–H and O–H groups in total. The van der Waals surface area contributed by atoms with Gasteiger partial charge >= 0.3 is 57.6 Å². The maximum atomic E-state index is 13.1. The van der Waals surface area contributed by atoms with Gasteiger partial charge < -0.3 is 24.8 Å². The summed E-state index contributed by atoms with van der Waals surface area (Å²) in [4.78, 5) is 26.7. The number of rotatable bonds is 4. The predicted octanol–water partition coefficient (Wildman–Crippen LogP) is -2.12. The van der Waals surface area contributed by atoms with E-state index in [2.05, 4.69) is 0 Å². The fourth-order valence-corrected chi connectivity index (χ4v) is 3.71. The fourth-order valence-electron chi connectivity index (χ4n) is 3.71. The van der Waals surface area contributed by atoms with Crippen molar-refractivity contribution in [3.8, 4) is 0 Å². The maximum absolute atomic E-state index is 13.1. The molecule has 2 fully saturated rings. The summed E-state index contributed by atoms with van der Waals surface area (Å²) in [5, 5.41) is 20.8. The van der Waals surface area contributed by atoms with Crippen LogP contribution in [0.3, 0.4) is 0 Å². The maximum Gasteiger partial charge on any atom is 1.00 e. The number of likely N-dealkylation sites (tertiary alicyclic amines) is 1. The minimum Gasteiger partial charge on any atom is -0.550 e. The van der Waals surface area contributed by atoms with Crippen LogP contribution in [0.25, 0.3) is 0 Å². The van der Waals surface area contributed by atoms with Gasteiger partial charge in [0.1, 0.15) is 0 Å². The van der Waals surface area contributed by atoms with Crippen LogP contribution in [0.15, 0.2) is 18.2 Å². The molecule has 3 rings (SSSR count). The van der Waals surface area contributed by atoms with Crippen LogP contribution in [-0.2, 0) is 11.0 Å². The van der Waals surface area contributed by atoms with Crippen LogP contribution in [0.4, 0.5) is 18.9 Å². The standard InChI is InChI=1S/C18H21F3N2O4.K/c19-18(20,21)12-3-4-13(14(8-12)22-5-1-2-6-22)17(27)23-9-11(7-16(25)26)15(24)10-23;/h3-4,8,11,15,24H,1-2,5-7,9-10H2,(H,25,26);/q;+1/p-1/t11-,15-;/m1./s1. The third kappa shape index (κ3) is 5.28. The number of alkyl halides is 3. The number of amides is 1. The van der Waals surface area contributed by atoms with Gasteiger partial charge in [0.05, 0.1) is 22.9 Å². The smallest absolute Gasteiger partial charge is 0.550 e. The van der Waals surface area contributed by atoms with Crippen LogP contribution in [0.1, 0.15) is 35.2 Å². The molecule has 2 atom stereocenters. The molecule has 2 saturated heterocycles. The zero-order chi connectivity index (χ0) is 19.8. The van der Waals surface area contributed by atoms with Crippen molar-refractivity contribution in [1.29, 1.82) is 0 Å². The number of nitrogens with zero attached hydrogens (tertiary/aromatic N) is 2. The number of hydrogen-bond acceptors (Lipinski definition) is 5. The van der Waals surface area contributed by atoms with E-state index in [1.165, 1.54) is 4.90 Å². The number of aliphatic hydroxyl groups excluding tert-OH is 1. The molecule has 2 aliphatic heterocycles. The summed E-state index contributed by atoms with van der Waals surface area (Å²) in [6.45, 7) is 1.10. The number of carboxylic acids is 1. The van der Waals surface area contributed by atoms with Crippen molar-refractivity contribution in [3.05, 3.63) is 29.3 Å². The molecule has 2 heterocycles. The molecule has 1 aromatic carbocycles. The topological polar surface area (TPSA) is 83.9 Å². The average Bonchev–Trinajstić information content (AvgIpc) is 3.23. The van der Waals surface area contributed by atoms with Gasteiger partial charge in [-0.3, -0.25) is 4.79 Å². The molecule has 0 saturated carbocycles. The molecular weight excluding hydrogens is 404 g/mol. The van der Waals surface area contributed by atoms with Gasteiger partial charge in [-0.25, -0.2) is 0 Å². The van der Waals surface area contributed by atoms with Crippen molar-refractivity contribution in [1.82, 2.24) is 4.90 Å². The predicted molar refractivity (Wildman–Crippen MR) is 87.9 cm³/mol. The van der Waals surface area contributed by atoms with E-state index >= 15 is 0 Å². The van der Waals surface area contributed by atoms with Crippen molar-refractivity contribution in [3.63, 3.8) is 0 Å². The normalized spacial score (nSPS) is 22.3. The SMILES string of the molecule is O=C([O-])C[C@@H]1CN(C(=O)c2ccc(C(F)(F)F)cc2N2CCCC2)C[C@H]1O.[K+]. The first-order valence-corrected chi connectivity index (χ1v) is 8.80. The summed E-state index contributed by atoms with van der Waals surface area (Å²) in [5.74, 6) is -2.48. The molecule has 0 radical (unpaired) electrons. The van der Waals surface area contributed by atoms with E-state index in [9.17, 15) is 33.0 Å². The molecule has 10 heteroatoms. The number of carboxylic acid groups (broad SMARTS) is 1. The number of anilines is 1. The number of halogens is 3. The fraction of sp³-hybridized carbons (Fsp3) is 0.556. The van der Waals surface area contributed by atoms with Crippen LogP contribution >= 0.6 is 0 Å². The van der Waals surface area contributed by atoms with Gasteiger partial charge in [0.15, 0.2) is 0 Å². The quantitative estimate of drug-likeness (QED) is 0.559. The Morgan fingerprint density at radius 3 is 2.39 bits per heavy atom. The number of carbonyl (C=O) groups excluding carboxylic acids is 2. The van der Waals surface area contributed by atoms with E-state index in [0.29, 0.717) is 13.1 Å². The molecular formula is C18H20F3KN2O4. The number of aliphatic carboxylic acids is 1. The summed E-state index contributed by atoms with van der Waals surface area (Å²) in [7, 11) is 0. The van der Waals surface area contributed by atoms with Crippen molar-refractivity contribution < 1.29 is 84.4 Å². The molecule has 1 aromatic rings. The number of benzene rings is 1. The molecule has 0 bridgehead atoms. The average molecular weight is 424 g/mol. The van der Waals surface area contributed by atoms with Crippen LogP contribution in [-0.4, -0.2) is 54.2 Å². The summed E-state index contributed by atoms with van der Waals surface area (Å²) in [6.07, 6.45) is -4.23. The van der Waals surface area contributed by atoms with E-state index in [0.717, 1.165) is 31.0 Å². The largest absolute Gasteiger partial charge is 1.00 e.